The van der Waals surface area contributed by atoms with Gasteiger partial charge in [-0.3, -0.25) is 9.59 Å². The van der Waals surface area contributed by atoms with E-state index in [1.165, 1.54) is 12.8 Å². The van der Waals surface area contributed by atoms with Gasteiger partial charge >= 0.3 is 0 Å². The van der Waals surface area contributed by atoms with Crippen molar-refractivity contribution in [3.05, 3.63) is 0 Å². The van der Waals surface area contributed by atoms with Crippen molar-refractivity contribution >= 4 is 24.2 Å². The molecule has 1 aliphatic carbocycles. The molecule has 3 fully saturated rings. The van der Waals surface area contributed by atoms with Gasteiger partial charge in [-0.15, -0.1) is 12.4 Å². The molecule has 2 amide bonds. The third-order valence-corrected chi connectivity index (χ3v) is 6.56. The first-order valence-corrected chi connectivity index (χ1v) is 10.8. The first-order chi connectivity index (χ1) is 12.5. The molecule has 27 heavy (non-hydrogen) atoms. The number of hydrogen-bond acceptors (Lipinski definition) is 3. The van der Waals surface area contributed by atoms with Crippen LogP contribution in [0.4, 0.5) is 0 Å². The first-order valence-electron chi connectivity index (χ1n) is 10.8. The van der Waals surface area contributed by atoms with Crippen molar-refractivity contribution in [1.82, 2.24) is 15.5 Å². The molecule has 0 bridgehead atoms. The maximum absolute atomic E-state index is 13.4. The van der Waals surface area contributed by atoms with Crippen LogP contribution in [0, 0.1) is 17.3 Å². The number of hydrogen-bond donors (Lipinski definition) is 2. The maximum Gasteiger partial charge on any atom is 0.237 e. The molecule has 156 valence electrons. The van der Waals surface area contributed by atoms with Gasteiger partial charge in [-0.25, -0.2) is 0 Å². The molecule has 0 aromatic rings. The summed E-state index contributed by atoms with van der Waals surface area (Å²) in [5.74, 6) is 1.50. The second kappa shape index (κ2) is 10.1. The van der Waals surface area contributed by atoms with Crippen molar-refractivity contribution in [2.24, 2.45) is 17.3 Å². The van der Waals surface area contributed by atoms with Gasteiger partial charge in [0.2, 0.25) is 11.8 Å². The summed E-state index contributed by atoms with van der Waals surface area (Å²) in [6, 6.07) is -0.0101. The Morgan fingerprint density at radius 2 is 1.89 bits per heavy atom. The normalized spacial score (nSPS) is 27.4. The fraction of sp³-hybridized carbons (Fsp3) is 0.905. The predicted molar refractivity (Wildman–Crippen MR) is 111 cm³/mol. The van der Waals surface area contributed by atoms with Crippen LogP contribution in [0.2, 0.25) is 0 Å². The van der Waals surface area contributed by atoms with Crippen molar-refractivity contribution in [2.45, 2.75) is 77.7 Å². The highest BCUT2D eigenvalue weighted by atomic mass is 35.5. The third kappa shape index (κ3) is 5.60. The zero-order valence-corrected chi connectivity index (χ0v) is 17.9. The van der Waals surface area contributed by atoms with E-state index in [1.807, 2.05) is 0 Å². The maximum atomic E-state index is 13.4. The Hall–Kier alpha value is -0.810. The number of amides is 2. The summed E-state index contributed by atoms with van der Waals surface area (Å²) in [5.41, 5.74) is -0.104. The average Bonchev–Trinajstić information content (AvgIpc) is 3.31. The first kappa shape index (κ1) is 22.5. The van der Waals surface area contributed by atoms with Crippen molar-refractivity contribution in [3.8, 4) is 0 Å². The highest BCUT2D eigenvalue weighted by Crippen LogP contribution is 2.45. The highest BCUT2D eigenvalue weighted by Gasteiger charge is 2.44. The van der Waals surface area contributed by atoms with Crippen molar-refractivity contribution in [3.63, 3.8) is 0 Å². The molecule has 0 spiro atoms. The Labute approximate surface area is 170 Å². The van der Waals surface area contributed by atoms with Crippen LogP contribution in [0.5, 0.6) is 0 Å². The minimum atomic E-state index is -0.104. The predicted octanol–water partition coefficient (Wildman–Crippen LogP) is 3.12. The molecule has 2 atom stereocenters. The molecule has 3 aliphatic rings. The standard InChI is InChI=1S/C21H37N3O2.ClH/c1-16(2)13-21(9-3-4-10-21)20(26)24-12-6-7-17(15-24)14-23-19(25)18-8-5-11-22-18;/h16-18,22H,3-15H2,1-2H3,(H,23,25);1H. The van der Waals surface area contributed by atoms with Gasteiger partial charge in [-0.1, -0.05) is 26.7 Å². The number of carbonyl (C=O) groups is 2. The van der Waals surface area contributed by atoms with Gasteiger partial charge in [-0.05, 0) is 63.3 Å². The van der Waals surface area contributed by atoms with Crippen molar-refractivity contribution in [2.75, 3.05) is 26.2 Å². The molecule has 2 saturated heterocycles. The van der Waals surface area contributed by atoms with Gasteiger partial charge in [-0.2, -0.15) is 0 Å². The number of nitrogens with zero attached hydrogens (tertiary/aromatic N) is 1. The second-order valence-corrected chi connectivity index (χ2v) is 9.24. The van der Waals surface area contributed by atoms with Gasteiger partial charge in [0.25, 0.3) is 0 Å². The Bertz CT molecular complexity index is 500. The average molecular weight is 400 g/mol. The molecule has 1 saturated carbocycles. The van der Waals surface area contributed by atoms with E-state index in [2.05, 4.69) is 29.4 Å². The van der Waals surface area contributed by atoms with Crippen LogP contribution in [-0.4, -0.2) is 48.9 Å². The number of carbonyl (C=O) groups excluding carboxylic acids is 2. The van der Waals surface area contributed by atoms with E-state index < -0.39 is 0 Å². The van der Waals surface area contributed by atoms with Gasteiger partial charge in [0.15, 0.2) is 0 Å². The van der Waals surface area contributed by atoms with Gasteiger partial charge in [0, 0.05) is 25.0 Å². The summed E-state index contributed by atoms with van der Waals surface area (Å²) >= 11 is 0. The van der Waals surface area contributed by atoms with E-state index in [0.717, 1.165) is 64.6 Å². The zero-order chi connectivity index (χ0) is 18.6. The molecular formula is C21H38ClN3O2. The van der Waals surface area contributed by atoms with Gasteiger partial charge in [0.1, 0.15) is 0 Å². The summed E-state index contributed by atoms with van der Waals surface area (Å²) in [6.07, 6.45) is 9.74. The largest absolute Gasteiger partial charge is 0.354 e. The molecule has 0 aromatic heterocycles. The summed E-state index contributed by atoms with van der Waals surface area (Å²) in [7, 11) is 0. The van der Waals surface area contributed by atoms with Crippen molar-refractivity contribution < 1.29 is 9.59 Å². The van der Waals surface area contributed by atoms with E-state index >= 15 is 0 Å². The molecule has 5 nitrogen and oxygen atoms in total. The topological polar surface area (TPSA) is 61.4 Å². The molecule has 2 heterocycles. The summed E-state index contributed by atoms with van der Waals surface area (Å²) in [5, 5.41) is 6.38. The summed E-state index contributed by atoms with van der Waals surface area (Å²) in [4.78, 5) is 27.7. The monoisotopic (exact) mass is 399 g/mol. The van der Waals surface area contributed by atoms with Crippen LogP contribution < -0.4 is 10.6 Å². The zero-order valence-electron chi connectivity index (χ0n) is 17.1. The van der Waals surface area contributed by atoms with E-state index in [9.17, 15) is 9.59 Å². The number of nitrogens with one attached hydrogen (secondary N) is 2. The van der Waals surface area contributed by atoms with E-state index in [-0.39, 0.29) is 29.8 Å². The number of piperidine rings is 1. The van der Waals surface area contributed by atoms with Gasteiger partial charge < -0.3 is 15.5 Å². The summed E-state index contributed by atoms with van der Waals surface area (Å²) in [6.45, 7) is 7.84. The van der Waals surface area contributed by atoms with E-state index in [0.29, 0.717) is 24.3 Å². The lowest BCUT2D eigenvalue weighted by atomic mass is 9.76. The molecule has 3 rings (SSSR count). The third-order valence-electron chi connectivity index (χ3n) is 6.56. The molecule has 2 aliphatic heterocycles. The lowest BCUT2D eigenvalue weighted by Gasteiger charge is -2.40. The minimum Gasteiger partial charge on any atom is -0.354 e. The SMILES string of the molecule is CC(C)CC1(C(=O)N2CCCC(CNC(=O)C3CCCN3)C2)CCCC1.Cl. The lowest BCUT2D eigenvalue weighted by molar-refractivity contribution is -0.145. The molecule has 0 radical (unpaired) electrons. The Kier molecular flexibility index (Phi) is 8.41. The number of rotatable bonds is 6. The Balaban J connectivity index is 0.00000261. The Morgan fingerprint density at radius 3 is 2.52 bits per heavy atom. The fourth-order valence-electron chi connectivity index (χ4n) is 5.37. The van der Waals surface area contributed by atoms with Crippen LogP contribution >= 0.6 is 12.4 Å². The molecular weight excluding hydrogens is 362 g/mol. The highest BCUT2D eigenvalue weighted by molar-refractivity contribution is 5.85. The fourth-order valence-corrected chi connectivity index (χ4v) is 5.37. The Morgan fingerprint density at radius 1 is 1.15 bits per heavy atom. The van der Waals surface area contributed by atoms with Crippen LogP contribution in [0.15, 0.2) is 0 Å². The minimum absolute atomic E-state index is 0. The number of likely N-dealkylation sites (tertiary alicyclic amines) is 1. The van der Waals surface area contributed by atoms with Crippen LogP contribution in [0.1, 0.15) is 71.6 Å². The van der Waals surface area contributed by atoms with E-state index in [1.54, 1.807) is 0 Å². The molecule has 0 aromatic carbocycles. The smallest absolute Gasteiger partial charge is 0.237 e. The quantitative estimate of drug-likeness (QED) is 0.721. The summed E-state index contributed by atoms with van der Waals surface area (Å²) < 4.78 is 0. The van der Waals surface area contributed by atoms with Crippen LogP contribution in [0.25, 0.3) is 0 Å². The van der Waals surface area contributed by atoms with Crippen LogP contribution in [0.3, 0.4) is 0 Å². The second-order valence-electron chi connectivity index (χ2n) is 9.24. The molecule has 6 heteroatoms. The van der Waals surface area contributed by atoms with Gasteiger partial charge in [0.05, 0.1) is 6.04 Å². The molecule has 2 N–H and O–H groups in total. The van der Waals surface area contributed by atoms with Crippen LogP contribution in [-0.2, 0) is 9.59 Å². The molecule has 2 unspecified atom stereocenters. The van der Waals surface area contributed by atoms with Crippen molar-refractivity contribution in [1.29, 1.82) is 0 Å². The van der Waals surface area contributed by atoms with E-state index in [4.69, 9.17) is 0 Å². The number of halogens is 1. The lowest BCUT2D eigenvalue weighted by Crippen LogP contribution is -2.50.